The molecule has 1 aromatic rings. The molecule has 130 valence electrons. The van der Waals surface area contributed by atoms with Crippen LogP contribution in [0.25, 0.3) is 0 Å². The SMILES string of the molecule is C=CCNC(=NCC(=O)N(C)C)NCC1(c2ccccc2)CCC1. The van der Waals surface area contributed by atoms with E-state index in [0.29, 0.717) is 12.5 Å². The Balaban J connectivity index is 2.02. The van der Waals surface area contributed by atoms with Gasteiger partial charge in [0.15, 0.2) is 5.96 Å². The van der Waals surface area contributed by atoms with Gasteiger partial charge in [0.05, 0.1) is 0 Å². The Morgan fingerprint density at radius 1 is 1.29 bits per heavy atom. The van der Waals surface area contributed by atoms with Crippen LogP contribution in [0.4, 0.5) is 0 Å². The molecule has 0 aromatic heterocycles. The first-order valence-corrected chi connectivity index (χ1v) is 8.46. The molecule has 5 heteroatoms. The van der Waals surface area contributed by atoms with Gasteiger partial charge in [-0.3, -0.25) is 4.79 Å². The molecular formula is C19H28N4O. The normalized spacial score (nSPS) is 16.0. The standard InChI is InChI=1S/C19H28N4O/c1-4-13-20-18(21-14-17(24)23(2)3)22-15-19(11-8-12-19)16-9-6-5-7-10-16/h4-7,9-10H,1,8,11-15H2,2-3H3,(H2,20,21,22). The number of carbonyl (C=O) groups is 1. The number of guanidine groups is 1. The van der Waals surface area contributed by atoms with E-state index in [0.717, 1.165) is 6.54 Å². The number of benzene rings is 1. The van der Waals surface area contributed by atoms with Crippen molar-refractivity contribution >= 4 is 11.9 Å². The van der Waals surface area contributed by atoms with Gasteiger partial charge in [-0.15, -0.1) is 6.58 Å². The molecule has 0 saturated heterocycles. The van der Waals surface area contributed by atoms with E-state index in [1.54, 1.807) is 25.1 Å². The highest BCUT2D eigenvalue weighted by atomic mass is 16.2. The van der Waals surface area contributed by atoms with Crippen LogP contribution in [0.2, 0.25) is 0 Å². The molecule has 0 spiro atoms. The summed E-state index contributed by atoms with van der Waals surface area (Å²) < 4.78 is 0. The fourth-order valence-electron chi connectivity index (χ4n) is 2.85. The first kappa shape index (κ1) is 18.0. The molecule has 1 aliphatic carbocycles. The van der Waals surface area contributed by atoms with Crippen LogP contribution < -0.4 is 10.6 Å². The average molecular weight is 328 g/mol. The zero-order valence-electron chi connectivity index (χ0n) is 14.7. The zero-order chi connectivity index (χ0) is 17.4. The van der Waals surface area contributed by atoms with Crippen LogP contribution in [0.1, 0.15) is 24.8 Å². The maximum Gasteiger partial charge on any atom is 0.243 e. The molecule has 1 saturated carbocycles. The van der Waals surface area contributed by atoms with Gasteiger partial charge in [-0.2, -0.15) is 0 Å². The molecule has 1 aromatic carbocycles. The van der Waals surface area contributed by atoms with Gasteiger partial charge in [-0.25, -0.2) is 4.99 Å². The third-order valence-electron chi connectivity index (χ3n) is 4.58. The number of rotatable bonds is 7. The maximum atomic E-state index is 11.8. The Labute approximate surface area is 144 Å². The second-order valence-electron chi connectivity index (χ2n) is 6.48. The summed E-state index contributed by atoms with van der Waals surface area (Å²) in [7, 11) is 3.47. The topological polar surface area (TPSA) is 56.7 Å². The van der Waals surface area contributed by atoms with Crippen molar-refractivity contribution in [2.75, 3.05) is 33.7 Å². The van der Waals surface area contributed by atoms with Crippen molar-refractivity contribution in [3.05, 3.63) is 48.6 Å². The van der Waals surface area contributed by atoms with Gasteiger partial charge in [0.25, 0.3) is 0 Å². The van der Waals surface area contributed by atoms with Crippen LogP contribution in [-0.4, -0.2) is 50.5 Å². The molecule has 1 aliphatic rings. The van der Waals surface area contributed by atoms with Crippen molar-refractivity contribution < 1.29 is 4.79 Å². The highest BCUT2D eigenvalue weighted by Gasteiger charge is 2.38. The number of nitrogens with one attached hydrogen (secondary N) is 2. The van der Waals surface area contributed by atoms with Crippen molar-refractivity contribution in [2.24, 2.45) is 4.99 Å². The van der Waals surface area contributed by atoms with Crippen molar-refractivity contribution in [2.45, 2.75) is 24.7 Å². The van der Waals surface area contributed by atoms with E-state index in [4.69, 9.17) is 0 Å². The molecule has 0 unspecified atom stereocenters. The lowest BCUT2D eigenvalue weighted by molar-refractivity contribution is -0.127. The molecule has 24 heavy (non-hydrogen) atoms. The number of aliphatic imine (C=N–C) groups is 1. The van der Waals surface area contributed by atoms with Crippen molar-refractivity contribution in [1.82, 2.24) is 15.5 Å². The van der Waals surface area contributed by atoms with E-state index >= 15 is 0 Å². The van der Waals surface area contributed by atoms with Crippen LogP contribution in [0.3, 0.4) is 0 Å². The highest BCUT2D eigenvalue weighted by molar-refractivity contribution is 5.84. The molecule has 5 nitrogen and oxygen atoms in total. The van der Waals surface area contributed by atoms with E-state index in [2.05, 4.69) is 52.5 Å². The fourth-order valence-corrected chi connectivity index (χ4v) is 2.85. The molecule has 1 amide bonds. The van der Waals surface area contributed by atoms with Crippen molar-refractivity contribution in [1.29, 1.82) is 0 Å². The van der Waals surface area contributed by atoms with Gasteiger partial charge in [0.1, 0.15) is 6.54 Å². The Kier molecular flexibility index (Phi) is 6.41. The van der Waals surface area contributed by atoms with E-state index in [1.165, 1.54) is 24.8 Å². The maximum absolute atomic E-state index is 11.8. The zero-order valence-corrected chi connectivity index (χ0v) is 14.7. The predicted octanol–water partition coefficient (Wildman–Crippen LogP) is 1.92. The van der Waals surface area contributed by atoms with E-state index in [9.17, 15) is 4.79 Å². The number of nitrogens with zero attached hydrogens (tertiary/aromatic N) is 2. The molecule has 2 N–H and O–H groups in total. The van der Waals surface area contributed by atoms with E-state index in [-0.39, 0.29) is 17.9 Å². The first-order valence-electron chi connectivity index (χ1n) is 8.46. The van der Waals surface area contributed by atoms with Gasteiger partial charge in [-0.05, 0) is 18.4 Å². The van der Waals surface area contributed by atoms with Crippen LogP contribution >= 0.6 is 0 Å². The number of amides is 1. The minimum Gasteiger partial charge on any atom is -0.355 e. The highest BCUT2D eigenvalue weighted by Crippen LogP contribution is 2.43. The Morgan fingerprint density at radius 2 is 2.00 bits per heavy atom. The molecule has 0 aliphatic heterocycles. The van der Waals surface area contributed by atoms with Crippen molar-refractivity contribution in [3.63, 3.8) is 0 Å². The quantitative estimate of drug-likeness (QED) is 0.457. The largest absolute Gasteiger partial charge is 0.355 e. The third kappa shape index (κ3) is 4.60. The van der Waals surface area contributed by atoms with E-state index < -0.39 is 0 Å². The van der Waals surface area contributed by atoms with Crippen LogP contribution in [0, 0.1) is 0 Å². The van der Waals surface area contributed by atoms with Gasteiger partial charge in [0, 0.05) is 32.6 Å². The van der Waals surface area contributed by atoms with E-state index in [1.807, 2.05) is 0 Å². The van der Waals surface area contributed by atoms with Crippen LogP contribution in [-0.2, 0) is 10.2 Å². The second-order valence-corrected chi connectivity index (χ2v) is 6.48. The van der Waals surface area contributed by atoms with Gasteiger partial charge in [0.2, 0.25) is 5.91 Å². The number of hydrogen-bond donors (Lipinski definition) is 2. The molecule has 0 radical (unpaired) electrons. The number of likely N-dealkylation sites (N-methyl/N-ethyl adjacent to an activating group) is 1. The summed E-state index contributed by atoms with van der Waals surface area (Å²) in [6.45, 7) is 5.28. The lowest BCUT2D eigenvalue weighted by Gasteiger charge is -2.43. The van der Waals surface area contributed by atoms with Gasteiger partial charge < -0.3 is 15.5 Å². The summed E-state index contributed by atoms with van der Waals surface area (Å²) in [4.78, 5) is 17.7. The summed E-state index contributed by atoms with van der Waals surface area (Å²) >= 11 is 0. The average Bonchev–Trinajstić information content (AvgIpc) is 2.56. The lowest BCUT2D eigenvalue weighted by atomic mass is 9.64. The first-order chi connectivity index (χ1) is 11.6. The molecule has 2 rings (SSSR count). The lowest BCUT2D eigenvalue weighted by Crippen LogP contribution is -2.49. The number of hydrogen-bond acceptors (Lipinski definition) is 2. The van der Waals surface area contributed by atoms with Crippen molar-refractivity contribution in [3.8, 4) is 0 Å². The molecular weight excluding hydrogens is 300 g/mol. The molecule has 0 bridgehead atoms. The van der Waals surface area contributed by atoms with Crippen LogP contribution in [0.15, 0.2) is 48.0 Å². The molecule has 1 fully saturated rings. The summed E-state index contributed by atoms with van der Waals surface area (Å²) in [5.74, 6) is 0.642. The Bertz CT molecular complexity index is 576. The molecule has 0 atom stereocenters. The summed E-state index contributed by atoms with van der Waals surface area (Å²) in [5.41, 5.74) is 1.54. The third-order valence-corrected chi connectivity index (χ3v) is 4.58. The van der Waals surface area contributed by atoms with Gasteiger partial charge >= 0.3 is 0 Å². The fraction of sp³-hybridized carbons (Fsp3) is 0.474. The minimum atomic E-state index is -0.0175. The van der Waals surface area contributed by atoms with Crippen LogP contribution in [0.5, 0.6) is 0 Å². The summed E-state index contributed by atoms with van der Waals surface area (Å²) in [6.07, 6.45) is 5.38. The summed E-state index contributed by atoms with van der Waals surface area (Å²) in [5, 5.41) is 6.60. The summed E-state index contributed by atoms with van der Waals surface area (Å²) in [6, 6.07) is 10.6. The smallest absolute Gasteiger partial charge is 0.243 e. The van der Waals surface area contributed by atoms with Gasteiger partial charge in [-0.1, -0.05) is 42.8 Å². The Morgan fingerprint density at radius 3 is 2.54 bits per heavy atom. The predicted molar refractivity (Wildman–Crippen MR) is 99.2 cm³/mol. The molecule has 0 heterocycles. The Hall–Kier alpha value is -2.30. The number of carbonyl (C=O) groups excluding carboxylic acids is 1. The minimum absolute atomic E-state index is 0.0175. The monoisotopic (exact) mass is 328 g/mol. The second kappa shape index (κ2) is 8.52.